The van der Waals surface area contributed by atoms with Gasteiger partial charge in [-0.05, 0) is 31.9 Å². The van der Waals surface area contributed by atoms with E-state index in [1.165, 1.54) is 14.2 Å². The molecular formula is C18H22F3NO5. The molecule has 1 aromatic rings. The molecular weight excluding hydrogens is 367 g/mol. The molecule has 1 amide bonds. The van der Waals surface area contributed by atoms with Gasteiger partial charge >= 0.3 is 12.1 Å². The molecule has 27 heavy (non-hydrogen) atoms. The first-order valence-corrected chi connectivity index (χ1v) is 8.56. The molecule has 0 bridgehead atoms. The van der Waals surface area contributed by atoms with Crippen molar-refractivity contribution in [2.24, 2.45) is 0 Å². The van der Waals surface area contributed by atoms with Crippen molar-refractivity contribution in [3.63, 3.8) is 0 Å². The number of halogens is 3. The fraction of sp³-hybridized carbons (Fsp3) is 0.611. The molecule has 9 heteroatoms. The Morgan fingerprint density at radius 2 is 1.67 bits per heavy atom. The van der Waals surface area contributed by atoms with E-state index in [2.05, 4.69) is 5.32 Å². The zero-order chi connectivity index (χ0) is 19.9. The number of carbonyl (C=O) groups excluding carboxylic acids is 1. The Morgan fingerprint density at radius 1 is 1.11 bits per heavy atom. The lowest BCUT2D eigenvalue weighted by Crippen LogP contribution is -2.67. The Balaban J connectivity index is 2.07. The lowest BCUT2D eigenvalue weighted by molar-refractivity contribution is -0.214. The second-order valence-electron chi connectivity index (χ2n) is 6.78. The second kappa shape index (κ2) is 6.87. The molecule has 1 aliphatic heterocycles. The normalized spacial score (nSPS) is 24.2. The van der Waals surface area contributed by atoms with E-state index in [9.17, 15) is 18.0 Å². The summed E-state index contributed by atoms with van der Waals surface area (Å²) in [5.41, 5.74) is 0.115. The van der Waals surface area contributed by atoms with Crippen molar-refractivity contribution in [2.75, 3.05) is 27.4 Å². The third-order valence-corrected chi connectivity index (χ3v) is 5.38. The molecule has 0 spiro atoms. The molecule has 150 valence electrons. The van der Waals surface area contributed by atoms with Crippen LogP contribution >= 0.6 is 0 Å². The van der Waals surface area contributed by atoms with Crippen molar-refractivity contribution in [1.82, 2.24) is 5.32 Å². The quantitative estimate of drug-likeness (QED) is 0.857. The van der Waals surface area contributed by atoms with Crippen LogP contribution < -0.4 is 14.8 Å². The minimum absolute atomic E-state index is 0.0566. The number of alkyl halides is 3. The summed E-state index contributed by atoms with van der Waals surface area (Å²) >= 11 is 0. The van der Waals surface area contributed by atoms with Gasteiger partial charge in [-0.2, -0.15) is 13.2 Å². The maximum Gasteiger partial charge on any atom is 0.471 e. The number of hydrogen-bond donors (Lipinski definition) is 1. The summed E-state index contributed by atoms with van der Waals surface area (Å²) in [6.45, 7) is 2.04. The molecule has 0 radical (unpaired) electrons. The molecule has 6 nitrogen and oxygen atoms in total. The number of amides is 1. The van der Waals surface area contributed by atoms with Gasteiger partial charge in [0.1, 0.15) is 11.5 Å². The van der Waals surface area contributed by atoms with Crippen molar-refractivity contribution >= 4 is 5.91 Å². The van der Waals surface area contributed by atoms with E-state index >= 15 is 0 Å². The van der Waals surface area contributed by atoms with Gasteiger partial charge in [-0.3, -0.25) is 4.79 Å². The minimum Gasteiger partial charge on any atom is -0.496 e. The fourth-order valence-corrected chi connectivity index (χ4v) is 3.92. The van der Waals surface area contributed by atoms with Crippen LogP contribution in [0.3, 0.4) is 0 Å². The van der Waals surface area contributed by atoms with Crippen LogP contribution in [-0.2, 0) is 27.1 Å². The Kier molecular flexibility index (Phi) is 5.02. The van der Waals surface area contributed by atoms with Gasteiger partial charge in [0.2, 0.25) is 0 Å². The monoisotopic (exact) mass is 389 g/mol. The van der Waals surface area contributed by atoms with E-state index in [0.717, 1.165) is 5.56 Å². The van der Waals surface area contributed by atoms with Gasteiger partial charge in [0.25, 0.3) is 0 Å². The Labute approximate surface area is 154 Å². The number of methoxy groups -OCH3 is 2. The van der Waals surface area contributed by atoms with Crippen LogP contribution in [0.5, 0.6) is 11.5 Å². The third kappa shape index (κ3) is 3.34. The van der Waals surface area contributed by atoms with Gasteiger partial charge in [0, 0.05) is 17.5 Å². The largest absolute Gasteiger partial charge is 0.496 e. The Morgan fingerprint density at radius 3 is 2.19 bits per heavy atom. The van der Waals surface area contributed by atoms with Crippen LogP contribution in [-0.4, -0.2) is 50.8 Å². The highest BCUT2D eigenvalue weighted by molar-refractivity contribution is 5.82. The molecule has 0 saturated carbocycles. The van der Waals surface area contributed by atoms with Gasteiger partial charge < -0.3 is 24.3 Å². The van der Waals surface area contributed by atoms with E-state index in [4.69, 9.17) is 18.9 Å². The van der Waals surface area contributed by atoms with E-state index in [1.54, 1.807) is 19.1 Å². The lowest BCUT2D eigenvalue weighted by atomic mass is 9.72. The second-order valence-corrected chi connectivity index (χ2v) is 6.78. The zero-order valence-corrected chi connectivity index (χ0v) is 15.4. The Bertz CT molecular complexity index is 730. The highest BCUT2D eigenvalue weighted by Crippen LogP contribution is 2.46. The van der Waals surface area contributed by atoms with E-state index < -0.39 is 23.4 Å². The number of carbonyl (C=O) groups is 1. The molecule has 1 fully saturated rings. The summed E-state index contributed by atoms with van der Waals surface area (Å²) in [6, 6.07) is 3.45. The molecule has 0 aromatic heterocycles. The number of ether oxygens (including phenoxy) is 4. The third-order valence-electron chi connectivity index (χ3n) is 5.38. The first kappa shape index (κ1) is 19.8. The molecule has 3 rings (SSSR count). The van der Waals surface area contributed by atoms with Crippen molar-refractivity contribution in [3.05, 3.63) is 23.3 Å². The first-order chi connectivity index (χ1) is 12.7. The SMILES string of the molecule is COc1ccc(OC)c2c1CCC(NC(=O)C(F)(F)F)(C1(C)OCCO1)C2. The Hall–Kier alpha value is -2.00. The smallest absolute Gasteiger partial charge is 0.471 e. The average Bonchev–Trinajstić information content (AvgIpc) is 3.08. The average molecular weight is 389 g/mol. The molecule has 1 atom stereocenters. The summed E-state index contributed by atoms with van der Waals surface area (Å²) in [5.74, 6) is -2.27. The maximum absolute atomic E-state index is 13.0. The van der Waals surface area contributed by atoms with Crippen LogP contribution in [0.2, 0.25) is 0 Å². The van der Waals surface area contributed by atoms with E-state index in [0.29, 0.717) is 23.5 Å². The number of nitrogens with one attached hydrogen (secondary N) is 1. The summed E-state index contributed by atoms with van der Waals surface area (Å²) in [7, 11) is 3.01. The summed E-state index contributed by atoms with van der Waals surface area (Å²) in [4.78, 5) is 11.8. The van der Waals surface area contributed by atoms with Gasteiger partial charge in [0.05, 0.1) is 33.0 Å². The summed E-state index contributed by atoms with van der Waals surface area (Å²) < 4.78 is 61.1. The maximum atomic E-state index is 13.0. The molecule has 1 N–H and O–H groups in total. The molecule has 2 aliphatic rings. The van der Waals surface area contributed by atoms with Crippen LogP contribution in [0.25, 0.3) is 0 Å². The molecule has 1 unspecified atom stereocenters. The van der Waals surface area contributed by atoms with Gasteiger partial charge in [-0.1, -0.05) is 0 Å². The van der Waals surface area contributed by atoms with Crippen LogP contribution in [0.1, 0.15) is 24.5 Å². The lowest BCUT2D eigenvalue weighted by Gasteiger charge is -2.48. The van der Waals surface area contributed by atoms with Crippen LogP contribution in [0.15, 0.2) is 12.1 Å². The van der Waals surface area contributed by atoms with E-state index in [-0.39, 0.29) is 26.1 Å². The molecule has 1 aromatic carbocycles. The number of benzene rings is 1. The van der Waals surface area contributed by atoms with Gasteiger partial charge in [0.15, 0.2) is 5.79 Å². The standard InChI is InChI=1S/C18H22F3NO5/c1-16(26-8-9-27-16)17(22-15(23)18(19,20)21)7-6-11-12(10-17)14(25-3)5-4-13(11)24-2/h4-5H,6-10H2,1-3H3,(H,22,23). The first-order valence-electron chi connectivity index (χ1n) is 8.56. The van der Waals surface area contributed by atoms with E-state index in [1.807, 2.05) is 0 Å². The number of hydrogen-bond acceptors (Lipinski definition) is 5. The van der Waals surface area contributed by atoms with Crippen molar-refractivity contribution in [2.45, 2.75) is 43.7 Å². The zero-order valence-electron chi connectivity index (χ0n) is 15.4. The molecule has 1 heterocycles. The van der Waals surface area contributed by atoms with Crippen molar-refractivity contribution in [1.29, 1.82) is 0 Å². The fourth-order valence-electron chi connectivity index (χ4n) is 3.92. The number of fused-ring (bicyclic) bond motifs is 1. The predicted octanol–water partition coefficient (Wildman–Crippen LogP) is 2.37. The van der Waals surface area contributed by atoms with Crippen molar-refractivity contribution < 1.29 is 36.9 Å². The summed E-state index contributed by atoms with van der Waals surface area (Å²) in [5, 5.41) is 2.17. The van der Waals surface area contributed by atoms with Crippen LogP contribution in [0, 0.1) is 0 Å². The molecule has 1 aliphatic carbocycles. The molecule has 1 saturated heterocycles. The van der Waals surface area contributed by atoms with Crippen LogP contribution in [0.4, 0.5) is 13.2 Å². The highest BCUT2D eigenvalue weighted by atomic mass is 19.4. The summed E-state index contributed by atoms with van der Waals surface area (Å²) in [6.07, 6.45) is -4.39. The topological polar surface area (TPSA) is 66.0 Å². The number of rotatable bonds is 4. The minimum atomic E-state index is -5.01. The van der Waals surface area contributed by atoms with Gasteiger partial charge in [-0.25, -0.2) is 0 Å². The highest BCUT2D eigenvalue weighted by Gasteiger charge is 2.57. The predicted molar refractivity (Wildman–Crippen MR) is 88.8 cm³/mol. The van der Waals surface area contributed by atoms with Gasteiger partial charge in [-0.15, -0.1) is 0 Å². The van der Waals surface area contributed by atoms with Crippen molar-refractivity contribution in [3.8, 4) is 11.5 Å².